The highest BCUT2D eigenvalue weighted by atomic mass is 15.4. The Morgan fingerprint density at radius 2 is 2.05 bits per heavy atom. The fraction of sp³-hybridized carbons (Fsp3) is 0.467. The third-order valence-electron chi connectivity index (χ3n) is 3.37. The maximum atomic E-state index is 3.95. The fourth-order valence-electron chi connectivity index (χ4n) is 2.07. The van der Waals surface area contributed by atoms with Crippen LogP contribution in [0.25, 0.3) is 0 Å². The topological polar surface area (TPSA) is 42.7 Å². The van der Waals surface area contributed by atoms with Gasteiger partial charge in [-0.2, -0.15) is 0 Å². The summed E-state index contributed by atoms with van der Waals surface area (Å²) in [5, 5.41) is 11.3. The standard InChI is InChI=1S/C15H22N4/c1-3-14-5-7-15(8-6-14)13(2)16-9-4-11-19-12-10-17-18-19/h5-8,10,12-13,16H,3-4,9,11H2,1-2H3. The van der Waals surface area contributed by atoms with Crippen LogP contribution in [-0.2, 0) is 13.0 Å². The Bertz CT molecular complexity index is 461. The quantitative estimate of drug-likeness (QED) is 0.776. The summed E-state index contributed by atoms with van der Waals surface area (Å²) in [5.74, 6) is 0. The number of hydrogen-bond acceptors (Lipinski definition) is 3. The van der Waals surface area contributed by atoms with Gasteiger partial charge in [0.25, 0.3) is 0 Å². The summed E-state index contributed by atoms with van der Waals surface area (Å²) in [6.07, 6.45) is 5.76. The number of rotatable bonds is 7. The van der Waals surface area contributed by atoms with Crippen molar-refractivity contribution < 1.29 is 0 Å². The molecule has 0 aliphatic heterocycles. The largest absolute Gasteiger partial charge is 0.310 e. The van der Waals surface area contributed by atoms with Crippen LogP contribution < -0.4 is 5.32 Å². The molecule has 0 saturated heterocycles. The first-order valence-electron chi connectivity index (χ1n) is 6.96. The Morgan fingerprint density at radius 1 is 1.26 bits per heavy atom. The summed E-state index contributed by atoms with van der Waals surface area (Å²) in [5.41, 5.74) is 2.74. The van der Waals surface area contributed by atoms with E-state index in [-0.39, 0.29) is 0 Å². The van der Waals surface area contributed by atoms with Gasteiger partial charge < -0.3 is 5.32 Å². The summed E-state index contributed by atoms with van der Waals surface area (Å²) in [6, 6.07) is 9.25. The van der Waals surface area contributed by atoms with Crippen molar-refractivity contribution in [1.29, 1.82) is 0 Å². The van der Waals surface area contributed by atoms with Crippen LogP contribution in [0, 0.1) is 0 Å². The minimum Gasteiger partial charge on any atom is -0.310 e. The lowest BCUT2D eigenvalue weighted by Crippen LogP contribution is -2.21. The van der Waals surface area contributed by atoms with Crippen LogP contribution in [0.3, 0.4) is 0 Å². The summed E-state index contributed by atoms with van der Waals surface area (Å²) in [4.78, 5) is 0. The highest BCUT2D eigenvalue weighted by molar-refractivity contribution is 5.24. The van der Waals surface area contributed by atoms with Gasteiger partial charge in [0.15, 0.2) is 0 Å². The Labute approximate surface area is 114 Å². The van der Waals surface area contributed by atoms with E-state index in [1.54, 1.807) is 6.20 Å². The van der Waals surface area contributed by atoms with Gasteiger partial charge in [-0.05, 0) is 37.4 Å². The van der Waals surface area contributed by atoms with E-state index in [1.807, 2.05) is 10.9 Å². The molecule has 1 unspecified atom stereocenters. The van der Waals surface area contributed by atoms with E-state index in [0.717, 1.165) is 25.9 Å². The molecule has 0 radical (unpaired) electrons. The van der Waals surface area contributed by atoms with Crippen molar-refractivity contribution in [3.05, 3.63) is 47.8 Å². The first-order valence-corrected chi connectivity index (χ1v) is 6.96. The third kappa shape index (κ3) is 4.17. The highest BCUT2D eigenvalue weighted by Gasteiger charge is 2.04. The second-order valence-electron chi connectivity index (χ2n) is 4.79. The molecule has 1 atom stereocenters. The van der Waals surface area contributed by atoms with Gasteiger partial charge in [-0.15, -0.1) is 5.10 Å². The molecular weight excluding hydrogens is 236 g/mol. The zero-order valence-electron chi connectivity index (χ0n) is 11.7. The van der Waals surface area contributed by atoms with Gasteiger partial charge in [0.2, 0.25) is 0 Å². The van der Waals surface area contributed by atoms with Gasteiger partial charge >= 0.3 is 0 Å². The Balaban J connectivity index is 1.72. The van der Waals surface area contributed by atoms with Crippen LogP contribution in [0.5, 0.6) is 0 Å². The molecule has 1 N–H and O–H groups in total. The Morgan fingerprint density at radius 3 is 2.68 bits per heavy atom. The number of aryl methyl sites for hydroxylation is 2. The molecule has 0 bridgehead atoms. The molecule has 0 spiro atoms. The fourth-order valence-corrected chi connectivity index (χ4v) is 2.07. The van der Waals surface area contributed by atoms with Crippen LogP contribution in [0.1, 0.15) is 37.4 Å². The molecule has 1 heterocycles. The lowest BCUT2D eigenvalue weighted by atomic mass is 10.1. The maximum absolute atomic E-state index is 3.95. The van der Waals surface area contributed by atoms with Crippen molar-refractivity contribution in [2.45, 2.75) is 39.3 Å². The molecule has 4 heteroatoms. The van der Waals surface area contributed by atoms with E-state index in [0.29, 0.717) is 6.04 Å². The predicted molar refractivity (Wildman–Crippen MR) is 76.9 cm³/mol. The van der Waals surface area contributed by atoms with Crippen LogP contribution in [0.2, 0.25) is 0 Å². The molecule has 19 heavy (non-hydrogen) atoms. The lowest BCUT2D eigenvalue weighted by molar-refractivity contribution is 0.499. The normalized spacial score (nSPS) is 12.5. The molecule has 102 valence electrons. The van der Waals surface area contributed by atoms with Gasteiger partial charge in [-0.3, -0.25) is 4.68 Å². The second-order valence-corrected chi connectivity index (χ2v) is 4.79. The number of aromatic nitrogens is 3. The number of hydrogen-bond donors (Lipinski definition) is 1. The monoisotopic (exact) mass is 258 g/mol. The Kier molecular flexibility index (Phi) is 5.10. The summed E-state index contributed by atoms with van der Waals surface area (Å²) in [7, 11) is 0. The van der Waals surface area contributed by atoms with E-state index in [4.69, 9.17) is 0 Å². The number of nitrogens with one attached hydrogen (secondary N) is 1. The second kappa shape index (κ2) is 7.04. The zero-order chi connectivity index (χ0) is 13.5. The van der Waals surface area contributed by atoms with Gasteiger partial charge in [0.1, 0.15) is 0 Å². The average molecular weight is 258 g/mol. The first kappa shape index (κ1) is 13.7. The van der Waals surface area contributed by atoms with Crippen molar-refractivity contribution in [3.63, 3.8) is 0 Å². The molecule has 0 amide bonds. The van der Waals surface area contributed by atoms with Crippen LogP contribution >= 0.6 is 0 Å². The number of benzene rings is 1. The maximum Gasteiger partial charge on any atom is 0.0692 e. The molecule has 2 rings (SSSR count). The first-order chi connectivity index (χ1) is 9.29. The van der Waals surface area contributed by atoms with Crippen LogP contribution in [0.4, 0.5) is 0 Å². The smallest absolute Gasteiger partial charge is 0.0692 e. The molecule has 0 aliphatic carbocycles. The van der Waals surface area contributed by atoms with E-state index >= 15 is 0 Å². The van der Waals surface area contributed by atoms with E-state index in [1.165, 1.54) is 11.1 Å². The average Bonchev–Trinajstić information content (AvgIpc) is 2.96. The van der Waals surface area contributed by atoms with Gasteiger partial charge in [-0.25, -0.2) is 0 Å². The zero-order valence-corrected chi connectivity index (χ0v) is 11.7. The van der Waals surface area contributed by atoms with E-state index in [9.17, 15) is 0 Å². The predicted octanol–water partition coefficient (Wildman–Crippen LogP) is 2.58. The van der Waals surface area contributed by atoms with Crippen molar-refractivity contribution in [2.24, 2.45) is 0 Å². The van der Waals surface area contributed by atoms with Crippen molar-refractivity contribution in [2.75, 3.05) is 6.54 Å². The summed E-state index contributed by atoms with van der Waals surface area (Å²) in [6.45, 7) is 6.28. The molecule has 1 aromatic heterocycles. The molecule has 0 fully saturated rings. The van der Waals surface area contributed by atoms with E-state index in [2.05, 4.69) is 53.7 Å². The highest BCUT2D eigenvalue weighted by Crippen LogP contribution is 2.13. The van der Waals surface area contributed by atoms with Crippen molar-refractivity contribution in [3.8, 4) is 0 Å². The summed E-state index contributed by atoms with van der Waals surface area (Å²) >= 11 is 0. The van der Waals surface area contributed by atoms with Gasteiger partial charge in [-0.1, -0.05) is 36.4 Å². The van der Waals surface area contributed by atoms with E-state index < -0.39 is 0 Å². The van der Waals surface area contributed by atoms with Crippen LogP contribution in [-0.4, -0.2) is 21.5 Å². The molecule has 0 aliphatic rings. The Hall–Kier alpha value is -1.68. The molecule has 2 aromatic rings. The minimum absolute atomic E-state index is 0.390. The van der Waals surface area contributed by atoms with Crippen molar-refractivity contribution in [1.82, 2.24) is 20.3 Å². The molecule has 1 aromatic carbocycles. The minimum atomic E-state index is 0.390. The number of nitrogens with zero attached hydrogens (tertiary/aromatic N) is 3. The van der Waals surface area contributed by atoms with Crippen LogP contribution in [0.15, 0.2) is 36.7 Å². The van der Waals surface area contributed by atoms with Gasteiger partial charge in [0, 0.05) is 18.8 Å². The third-order valence-corrected chi connectivity index (χ3v) is 3.37. The molecule has 4 nitrogen and oxygen atoms in total. The van der Waals surface area contributed by atoms with Gasteiger partial charge in [0.05, 0.1) is 6.20 Å². The molecule has 0 saturated carbocycles. The SMILES string of the molecule is CCc1ccc(C(C)NCCCn2ccnn2)cc1. The van der Waals surface area contributed by atoms with Crippen molar-refractivity contribution >= 4 is 0 Å². The lowest BCUT2D eigenvalue weighted by Gasteiger charge is -2.14. The summed E-state index contributed by atoms with van der Waals surface area (Å²) < 4.78 is 1.86. The molecular formula is C15H22N4.